The van der Waals surface area contributed by atoms with Gasteiger partial charge in [0.15, 0.2) is 0 Å². The quantitative estimate of drug-likeness (QED) is 0.312. The minimum atomic E-state index is 0.0763. The number of ketones is 2. The van der Waals surface area contributed by atoms with Crippen molar-refractivity contribution in [3.05, 3.63) is 0 Å². The van der Waals surface area contributed by atoms with Gasteiger partial charge in [-0.2, -0.15) is 0 Å². The van der Waals surface area contributed by atoms with Crippen molar-refractivity contribution in [2.45, 2.75) is 20.3 Å². The Kier molecular flexibility index (Phi) is 3.35. The maximum absolute atomic E-state index is 10.3. The Bertz CT molecular complexity index is 118. The first-order valence-corrected chi connectivity index (χ1v) is 2.62. The summed E-state index contributed by atoms with van der Waals surface area (Å²) in [6.07, 6.45) is 0.337. The van der Waals surface area contributed by atoms with Crippen LogP contribution in [0.5, 0.6) is 0 Å². The Labute approximate surface area is 54.2 Å². The average Bonchev–Trinajstić information content (AvgIpc) is 1.65. The van der Waals surface area contributed by atoms with E-state index in [1.165, 1.54) is 6.92 Å². The van der Waals surface area contributed by atoms with Gasteiger partial charge in [0.05, 0.1) is 0 Å². The lowest BCUT2D eigenvalue weighted by atomic mass is 10.2. The van der Waals surface area contributed by atoms with Gasteiger partial charge >= 0.3 is 0 Å². The van der Waals surface area contributed by atoms with Crippen LogP contribution in [-0.4, -0.2) is 11.6 Å². The van der Waals surface area contributed by atoms with Crippen molar-refractivity contribution in [2.24, 2.45) is 0 Å². The van der Waals surface area contributed by atoms with E-state index >= 15 is 0 Å². The molecule has 0 amide bonds. The minimum Gasteiger partial charge on any atom is -0.357 e. The third-order valence-corrected chi connectivity index (χ3v) is 0.925. The van der Waals surface area contributed by atoms with Crippen molar-refractivity contribution in [3.8, 4) is 0 Å². The molecule has 0 atom stereocenters. The summed E-state index contributed by atoms with van der Waals surface area (Å²) in [6.45, 7) is 3.19. The van der Waals surface area contributed by atoms with E-state index in [1.807, 2.05) is 0 Å². The molecule has 0 aromatic heterocycles. The number of carbonyl (C=O) groups excluding carboxylic acids is 2. The molecule has 0 unspecified atom stereocenters. The zero-order chi connectivity index (χ0) is 6.57. The molecule has 0 heterocycles. The Hall–Kier alpha value is -0.440. The summed E-state index contributed by atoms with van der Waals surface area (Å²) < 4.78 is 4.34. The van der Waals surface area contributed by atoms with Gasteiger partial charge in [-0.05, 0) is 6.92 Å². The van der Waals surface area contributed by atoms with E-state index in [1.54, 1.807) is 6.92 Å². The highest BCUT2D eigenvalue weighted by molar-refractivity contribution is 7.50. The van der Waals surface area contributed by atoms with E-state index in [2.05, 4.69) is 16.8 Å². The first-order chi connectivity index (χ1) is 3.66. The van der Waals surface area contributed by atoms with Crippen LogP contribution in [-0.2, 0) is 21.6 Å². The van der Waals surface area contributed by atoms with E-state index in [0.29, 0.717) is 12.2 Å². The van der Waals surface area contributed by atoms with Crippen molar-refractivity contribution < 1.29 is 8.67 Å². The topological polar surface area (TPSA) is 28.4 Å². The molecule has 0 saturated carbocycles. The number of hydrogen-bond donors (Lipinski definition) is 0. The Morgan fingerprint density at radius 3 is 2.25 bits per heavy atom. The first kappa shape index (κ1) is 7.56. The van der Waals surface area contributed by atoms with Crippen LogP contribution in [0.3, 0.4) is 0 Å². The fraction of sp³-hybridized carbons (Fsp3) is 0.600. The molecule has 0 fully saturated rings. The summed E-state index contributed by atoms with van der Waals surface area (Å²) in [5, 5.41) is 0. The second-order valence-corrected chi connectivity index (χ2v) is 1.83. The summed E-state index contributed by atoms with van der Waals surface area (Å²) in [7, 11) is 0. The van der Waals surface area contributed by atoms with Gasteiger partial charge in [0, 0.05) is 6.92 Å². The Balaban J connectivity index is 3.56. The number of rotatable bonds is 2. The highest BCUT2D eigenvalue weighted by Gasteiger charge is 2.02. The van der Waals surface area contributed by atoms with Gasteiger partial charge in [-0.25, -0.2) is 12.9 Å². The second kappa shape index (κ2) is 3.55. The van der Waals surface area contributed by atoms with Gasteiger partial charge in [0.2, 0.25) is 0 Å². The lowest BCUT2D eigenvalue weighted by Crippen LogP contribution is -2.00. The van der Waals surface area contributed by atoms with Crippen LogP contribution in [0.2, 0.25) is 0 Å². The molecule has 0 aromatic rings. The molecular weight excluding hydrogens is 124 g/mol. The van der Waals surface area contributed by atoms with Crippen LogP contribution in [0.4, 0.5) is 0 Å². The number of carbonyl (C=O) groups is 1. The fourth-order valence-electron chi connectivity index (χ4n) is 0.380. The molecule has 0 radical (unpaired) electrons. The van der Waals surface area contributed by atoms with Crippen molar-refractivity contribution in [3.63, 3.8) is 0 Å². The molecule has 8 heavy (non-hydrogen) atoms. The summed E-state index contributed by atoms with van der Waals surface area (Å²) in [5.74, 6) is 0.667. The molecule has 3 heteroatoms. The van der Waals surface area contributed by atoms with Gasteiger partial charge in [-0.15, -0.1) is 0 Å². The lowest BCUT2D eigenvalue weighted by molar-refractivity contribution is -0.243. The molecule has 0 rings (SSSR count). The Morgan fingerprint density at radius 2 is 2.12 bits per heavy atom. The molecule has 0 N–H and O–H groups in total. The predicted octanol–water partition coefficient (Wildman–Crippen LogP) is 0.552. The summed E-state index contributed by atoms with van der Waals surface area (Å²) >= 11 is 4.20. The smallest absolute Gasteiger partial charge is 0.281 e. The zero-order valence-corrected chi connectivity index (χ0v) is 5.75. The summed E-state index contributed by atoms with van der Waals surface area (Å²) in [6, 6.07) is 0. The largest absolute Gasteiger partial charge is 0.357 e. The first-order valence-electron chi connectivity index (χ1n) is 2.28. The molecule has 0 saturated heterocycles. The lowest BCUT2D eigenvalue weighted by Gasteiger charge is -1.82. The summed E-state index contributed by atoms with van der Waals surface area (Å²) in [4.78, 5) is 10.3. The monoisotopic (exact) mass is 132 g/mol. The van der Waals surface area contributed by atoms with E-state index < -0.39 is 0 Å². The van der Waals surface area contributed by atoms with Gasteiger partial charge in [0.1, 0.15) is 12.2 Å². The van der Waals surface area contributed by atoms with Gasteiger partial charge in [-0.1, -0.05) is 0 Å². The molecular formula is C5H8O2S. The second-order valence-electron chi connectivity index (χ2n) is 1.66. The molecule has 0 aliphatic carbocycles. The van der Waals surface area contributed by atoms with Crippen molar-refractivity contribution in [1.82, 2.24) is 0 Å². The molecule has 2 nitrogen and oxygen atoms in total. The van der Waals surface area contributed by atoms with E-state index in [9.17, 15) is 4.79 Å². The average molecular weight is 132 g/mol. The zero-order valence-electron chi connectivity index (χ0n) is 4.93. The fourth-order valence-corrected chi connectivity index (χ4v) is 0.439. The van der Waals surface area contributed by atoms with Gasteiger partial charge in [0.25, 0.3) is 5.78 Å². The number of hydrogen-bond acceptors (Lipinski definition) is 2. The normalized spacial score (nSPS) is 11.5. The minimum absolute atomic E-state index is 0.0763. The van der Waals surface area contributed by atoms with Gasteiger partial charge in [-0.3, -0.25) is 4.79 Å². The van der Waals surface area contributed by atoms with Gasteiger partial charge < -0.3 is 3.87 Å². The standard InChI is InChI=1S/C5H8O2S/c1-4(6)3-5(2)7-8/h3H2,1-2H3. The Morgan fingerprint density at radius 1 is 1.62 bits per heavy atom. The van der Waals surface area contributed by atoms with Crippen molar-refractivity contribution in [2.75, 3.05) is 0 Å². The third kappa shape index (κ3) is 3.74. The number of Topliss-reactive ketones (excluding diaryl/α,β-unsaturated/α-hetero) is 1. The van der Waals surface area contributed by atoms with Crippen molar-refractivity contribution >= 4 is 24.5 Å². The van der Waals surface area contributed by atoms with Crippen LogP contribution in [0.15, 0.2) is 0 Å². The summed E-state index contributed by atoms with van der Waals surface area (Å²) in [5.41, 5.74) is 0. The molecule has 0 aliphatic heterocycles. The van der Waals surface area contributed by atoms with Crippen LogP contribution in [0, 0.1) is 0 Å². The van der Waals surface area contributed by atoms with Crippen LogP contribution >= 0.6 is 0 Å². The highest BCUT2D eigenvalue weighted by Crippen LogP contribution is 1.82. The maximum atomic E-state index is 10.3. The van der Waals surface area contributed by atoms with E-state index in [4.69, 9.17) is 0 Å². The van der Waals surface area contributed by atoms with E-state index in [0.717, 1.165) is 0 Å². The van der Waals surface area contributed by atoms with Crippen molar-refractivity contribution in [1.29, 1.82) is 0 Å². The van der Waals surface area contributed by atoms with Crippen LogP contribution < -0.4 is 0 Å². The molecule has 0 spiro atoms. The highest BCUT2D eigenvalue weighted by atomic mass is 32.1. The maximum Gasteiger partial charge on any atom is 0.281 e. The SMILES string of the molecule is CC(=O)CC(C)=[O+][S-]. The van der Waals surface area contributed by atoms with Crippen LogP contribution in [0.1, 0.15) is 20.3 Å². The van der Waals surface area contributed by atoms with E-state index in [-0.39, 0.29) is 5.78 Å². The molecule has 0 aliphatic rings. The molecule has 0 aromatic carbocycles. The third-order valence-electron chi connectivity index (χ3n) is 0.640. The van der Waals surface area contributed by atoms with Crippen LogP contribution in [0.25, 0.3) is 0 Å². The molecule has 0 bridgehead atoms. The predicted molar refractivity (Wildman–Crippen MR) is 33.3 cm³/mol. The molecule has 46 valence electrons.